The average molecular weight is 342 g/mol. The Morgan fingerprint density at radius 1 is 1.17 bits per heavy atom. The maximum Gasteiger partial charge on any atom is 0.259 e. The minimum atomic E-state index is -0.204. The van der Waals surface area contributed by atoms with E-state index in [1.165, 1.54) is 5.56 Å². The van der Waals surface area contributed by atoms with Crippen LogP contribution in [0.3, 0.4) is 0 Å². The average Bonchev–Trinajstić information content (AvgIpc) is 2.99. The lowest BCUT2D eigenvalue weighted by Crippen LogP contribution is -2.15. The van der Waals surface area contributed by atoms with E-state index in [-0.39, 0.29) is 12.3 Å². The molecule has 0 atom stereocenters. The van der Waals surface area contributed by atoms with Gasteiger partial charge in [-0.2, -0.15) is 4.98 Å². The Balaban J connectivity index is 1.69. The third-order valence-corrected chi connectivity index (χ3v) is 4.01. The van der Waals surface area contributed by atoms with Gasteiger partial charge in [0.05, 0.1) is 17.0 Å². The second kappa shape index (κ2) is 6.84. The second-order valence-electron chi connectivity index (χ2n) is 5.52. The number of benzene rings is 2. The van der Waals surface area contributed by atoms with Gasteiger partial charge in [0.25, 0.3) is 5.89 Å². The number of hydrogen-bond acceptors (Lipinski definition) is 4. The number of aryl methyl sites for hydroxylation is 2. The largest absolute Gasteiger partial charge is 0.334 e. The highest BCUT2D eigenvalue weighted by molar-refractivity contribution is 6.33. The van der Waals surface area contributed by atoms with Gasteiger partial charge in [0, 0.05) is 5.69 Å². The van der Waals surface area contributed by atoms with Crippen molar-refractivity contribution in [3.63, 3.8) is 0 Å². The molecule has 0 saturated heterocycles. The van der Waals surface area contributed by atoms with Gasteiger partial charge in [-0.05, 0) is 49.2 Å². The van der Waals surface area contributed by atoms with Crippen molar-refractivity contribution in [2.24, 2.45) is 0 Å². The van der Waals surface area contributed by atoms with Crippen molar-refractivity contribution in [1.82, 2.24) is 10.1 Å². The predicted molar refractivity (Wildman–Crippen MR) is 93.0 cm³/mol. The summed E-state index contributed by atoms with van der Waals surface area (Å²) in [5.74, 6) is 0.408. The van der Waals surface area contributed by atoms with E-state index in [1.807, 2.05) is 44.2 Å². The van der Waals surface area contributed by atoms with Gasteiger partial charge in [-0.25, -0.2) is 0 Å². The summed E-state index contributed by atoms with van der Waals surface area (Å²) in [6.45, 7) is 4.02. The normalized spacial score (nSPS) is 10.6. The van der Waals surface area contributed by atoms with Gasteiger partial charge in [0.15, 0.2) is 5.82 Å². The number of amides is 1. The minimum Gasteiger partial charge on any atom is -0.334 e. The van der Waals surface area contributed by atoms with Crippen molar-refractivity contribution in [3.05, 3.63) is 64.4 Å². The maximum atomic E-state index is 12.1. The lowest BCUT2D eigenvalue weighted by Gasteiger charge is -2.06. The molecular weight excluding hydrogens is 326 g/mol. The van der Waals surface area contributed by atoms with Crippen molar-refractivity contribution in [1.29, 1.82) is 0 Å². The van der Waals surface area contributed by atoms with Crippen LogP contribution in [-0.4, -0.2) is 16.0 Å². The summed E-state index contributed by atoms with van der Waals surface area (Å²) >= 11 is 6.10. The highest BCUT2D eigenvalue weighted by Gasteiger charge is 2.14. The monoisotopic (exact) mass is 341 g/mol. The maximum absolute atomic E-state index is 12.1. The van der Waals surface area contributed by atoms with Crippen molar-refractivity contribution < 1.29 is 9.32 Å². The number of rotatable bonds is 4. The summed E-state index contributed by atoms with van der Waals surface area (Å²) in [5, 5.41) is 7.19. The van der Waals surface area contributed by atoms with Gasteiger partial charge in [-0.15, -0.1) is 0 Å². The first-order chi connectivity index (χ1) is 11.5. The molecule has 3 rings (SSSR count). The molecule has 0 saturated carbocycles. The first-order valence-electron chi connectivity index (χ1n) is 7.47. The van der Waals surface area contributed by atoms with Crippen LogP contribution in [0.25, 0.3) is 11.5 Å². The van der Waals surface area contributed by atoms with Crippen LogP contribution in [0.4, 0.5) is 5.69 Å². The molecule has 2 aromatic carbocycles. The first-order valence-corrected chi connectivity index (χ1v) is 7.85. The molecule has 0 aliphatic rings. The van der Waals surface area contributed by atoms with E-state index in [2.05, 4.69) is 15.5 Å². The number of carbonyl (C=O) groups is 1. The van der Waals surface area contributed by atoms with Gasteiger partial charge < -0.3 is 9.84 Å². The molecule has 1 heterocycles. The van der Waals surface area contributed by atoms with Crippen molar-refractivity contribution >= 4 is 23.2 Å². The molecule has 1 aromatic heterocycles. The Morgan fingerprint density at radius 2 is 1.96 bits per heavy atom. The number of carbonyl (C=O) groups excluding carboxylic acids is 1. The van der Waals surface area contributed by atoms with Gasteiger partial charge in [-0.1, -0.05) is 35.0 Å². The predicted octanol–water partition coefficient (Wildman–Crippen LogP) is 4.19. The van der Waals surface area contributed by atoms with Crippen LogP contribution >= 0.6 is 11.6 Å². The van der Waals surface area contributed by atoms with E-state index in [0.29, 0.717) is 22.3 Å². The van der Waals surface area contributed by atoms with Gasteiger partial charge in [0.1, 0.15) is 0 Å². The number of aromatic nitrogens is 2. The van der Waals surface area contributed by atoms with E-state index in [9.17, 15) is 4.79 Å². The van der Waals surface area contributed by atoms with Gasteiger partial charge >= 0.3 is 0 Å². The summed E-state index contributed by atoms with van der Waals surface area (Å²) in [5.41, 5.74) is 3.69. The van der Waals surface area contributed by atoms with E-state index >= 15 is 0 Å². The molecule has 0 aliphatic carbocycles. The minimum absolute atomic E-state index is 0.0286. The van der Waals surface area contributed by atoms with E-state index < -0.39 is 0 Å². The zero-order valence-corrected chi connectivity index (χ0v) is 14.1. The standard InChI is InChI=1S/C18H16ClN3O2/c1-11-7-8-13(9-12(11)2)20-17(23)10-16-21-18(24-22-16)14-5-3-4-6-15(14)19/h3-9H,10H2,1-2H3,(H,20,23). The Morgan fingerprint density at radius 3 is 2.71 bits per heavy atom. The molecule has 6 heteroatoms. The molecule has 0 spiro atoms. The Bertz CT molecular complexity index is 889. The SMILES string of the molecule is Cc1ccc(NC(=O)Cc2noc(-c3ccccc3Cl)n2)cc1C. The molecule has 0 aliphatic heterocycles. The van der Waals surface area contributed by atoms with Crippen LogP contribution in [0.15, 0.2) is 47.0 Å². The van der Waals surface area contributed by atoms with Crippen LogP contribution < -0.4 is 5.32 Å². The van der Waals surface area contributed by atoms with E-state index in [1.54, 1.807) is 12.1 Å². The molecule has 0 bridgehead atoms. The molecule has 1 N–H and O–H groups in total. The van der Waals surface area contributed by atoms with Crippen molar-refractivity contribution in [2.45, 2.75) is 20.3 Å². The molecule has 0 radical (unpaired) electrons. The topological polar surface area (TPSA) is 68.0 Å². The number of halogens is 1. The lowest BCUT2D eigenvalue weighted by atomic mass is 10.1. The molecular formula is C18H16ClN3O2. The summed E-state index contributed by atoms with van der Waals surface area (Å²) in [7, 11) is 0. The summed E-state index contributed by atoms with van der Waals surface area (Å²) in [6, 6.07) is 12.9. The van der Waals surface area contributed by atoms with Gasteiger partial charge in [0.2, 0.25) is 5.91 Å². The molecule has 0 fully saturated rings. The first kappa shape index (κ1) is 16.2. The van der Waals surface area contributed by atoms with Crippen LogP contribution in [0, 0.1) is 13.8 Å². The smallest absolute Gasteiger partial charge is 0.259 e. The fourth-order valence-corrected chi connectivity index (χ4v) is 2.45. The summed E-state index contributed by atoms with van der Waals surface area (Å²) in [6.07, 6.45) is 0.0286. The number of hydrogen-bond donors (Lipinski definition) is 1. The second-order valence-corrected chi connectivity index (χ2v) is 5.93. The third kappa shape index (κ3) is 3.63. The number of anilines is 1. The zero-order chi connectivity index (χ0) is 17.1. The number of nitrogens with one attached hydrogen (secondary N) is 1. The molecule has 24 heavy (non-hydrogen) atoms. The van der Waals surface area contributed by atoms with Crippen LogP contribution in [-0.2, 0) is 11.2 Å². The summed E-state index contributed by atoms with van der Waals surface area (Å²) < 4.78 is 5.19. The van der Waals surface area contributed by atoms with Crippen LogP contribution in [0.2, 0.25) is 5.02 Å². The summed E-state index contributed by atoms with van der Waals surface area (Å²) in [4.78, 5) is 16.4. The Hall–Kier alpha value is -2.66. The zero-order valence-electron chi connectivity index (χ0n) is 13.3. The highest BCUT2D eigenvalue weighted by atomic mass is 35.5. The fourth-order valence-electron chi connectivity index (χ4n) is 2.24. The fraction of sp³-hybridized carbons (Fsp3) is 0.167. The third-order valence-electron chi connectivity index (χ3n) is 3.68. The number of nitrogens with zero attached hydrogens (tertiary/aromatic N) is 2. The van der Waals surface area contributed by atoms with E-state index in [4.69, 9.17) is 16.1 Å². The Labute approximate surface area is 144 Å². The van der Waals surface area contributed by atoms with Crippen molar-refractivity contribution in [3.8, 4) is 11.5 Å². The van der Waals surface area contributed by atoms with Crippen LogP contribution in [0.5, 0.6) is 0 Å². The molecule has 3 aromatic rings. The van der Waals surface area contributed by atoms with Gasteiger partial charge in [-0.3, -0.25) is 4.79 Å². The van der Waals surface area contributed by atoms with E-state index in [0.717, 1.165) is 11.3 Å². The molecule has 5 nitrogen and oxygen atoms in total. The van der Waals surface area contributed by atoms with Crippen LogP contribution in [0.1, 0.15) is 17.0 Å². The molecule has 1 amide bonds. The molecule has 122 valence electrons. The molecule has 0 unspecified atom stereocenters. The van der Waals surface area contributed by atoms with Crippen molar-refractivity contribution in [2.75, 3.05) is 5.32 Å². The highest BCUT2D eigenvalue weighted by Crippen LogP contribution is 2.25. The quantitative estimate of drug-likeness (QED) is 0.772. The Kier molecular flexibility index (Phi) is 4.62. The lowest BCUT2D eigenvalue weighted by molar-refractivity contribution is -0.115.